The normalized spacial score (nSPS) is 24.9. The van der Waals surface area contributed by atoms with Gasteiger partial charge in [-0.25, -0.2) is 4.39 Å². The SMILES string of the molecule is CC(C)[C@H](C(=O)N[C@H]1C[C@@H]1c1cccc(F)c1)N1CCCC1=O. The molecule has 0 radical (unpaired) electrons. The summed E-state index contributed by atoms with van der Waals surface area (Å²) >= 11 is 0. The van der Waals surface area contributed by atoms with Crippen molar-refractivity contribution in [1.82, 2.24) is 10.2 Å². The van der Waals surface area contributed by atoms with Crippen molar-refractivity contribution in [3.8, 4) is 0 Å². The van der Waals surface area contributed by atoms with Crippen molar-refractivity contribution in [2.45, 2.75) is 51.1 Å². The highest BCUT2D eigenvalue weighted by molar-refractivity contribution is 5.89. The lowest BCUT2D eigenvalue weighted by Gasteiger charge is -2.30. The second kappa shape index (κ2) is 6.30. The number of carbonyl (C=O) groups is 2. The van der Waals surface area contributed by atoms with Crippen molar-refractivity contribution in [1.29, 1.82) is 0 Å². The van der Waals surface area contributed by atoms with Gasteiger partial charge in [-0.3, -0.25) is 9.59 Å². The van der Waals surface area contributed by atoms with Crippen molar-refractivity contribution >= 4 is 11.8 Å². The van der Waals surface area contributed by atoms with Gasteiger partial charge in [-0.15, -0.1) is 0 Å². The average molecular weight is 318 g/mol. The van der Waals surface area contributed by atoms with E-state index in [1.807, 2.05) is 19.9 Å². The summed E-state index contributed by atoms with van der Waals surface area (Å²) in [6.45, 7) is 4.59. The van der Waals surface area contributed by atoms with Crippen LogP contribution < -0.4 is 5.32 Å². The van der Waals surface area contributed by atoms with E-state index >= 15 is 0 Å². The van der Waals surface area contributed by atoms with Crippen LogP contribution in [-0.4, -0.2) is 35.3 Å². The van der Waals surface area contributed by atoms with Gasteiger partial charge in [-0.1, -0.05) is 26.0 Å². The molecule has 2 aliphatic rings. The average Bonchev–Trinajstić information content (AvgIpc) is 3.13. The van der Waals surface area contributed by atoms with Gasteiger partial charge in [0.2, 0.25) is 11.8 Å². The van der Waals surface area contributed by atoms with E-state index in [0.29, 0.717) is 13.0 Å². The van der Waals surface area contributed by atoms with Gasteiger partial charge >= 0.3 is 0 Å². The van der Waals surface area contributed by atoms with Crippen LogP contribution in [-0.2, 0) is 9.59 Å². The fraction of sp³-hybridized carbons (Fsp3) is 0.556. The number of rotatable bonds is 5. The molecule has 23 heavy (non-hydrogen) atoms. The van der Waals surface area contributed by atoms with Gasteiger partial charge in [0.1, 0.15) is 11.9 Å². The maximum atomic E-state index is 13.3. The molecule has 2 fully saturated rings. The number of nitrogens with zero attached hydrogens (tertiary/aromatic N) is 1. The van der Waals surface area contributed by atoms with Crippen LogP contribution in [0.3, 0.4) is 0 Å². The van der Waals surface area contributed by atoms with E-state index in [1.54, 1.807) is 11.0 Å². The second-order valence-corrected chi connectivity index (χ2v) is 6.89. The summed E-state index contributed by atoms with van der Waals surface area (Å²) in [5, 5.41) is 3.05. The topological polar surface area (TPSA) is 49.4 Å². The van der Waals surface area contributed by atoms with Gasteiger partial charge in [-0.05, 0) is 36.5 Å². The molecule has 3 atom stereocenters. The van der Waals surface area contributed by atoms with Crippen LogP contribution in [0.5, 0.6) is 0 Å². The first kappa shape index (κ1) is 16.0. The third kappa shape index (κ3) is 3.38. The zero-order valence-electron chi connectivity index (χ0n) is 13.6. The Labute approximate surface area is 136 Å². The van der Waals surface area contributed by atoms with Crippen LogP contribution in [0.4, 0.5) is 4.39 Å². The quantitative estimate of drug-likeness (QED) is 0.906. The largest absolute Gasteiger partial charge is 0.351 e. The van der Waals surface area contributed by atoms with Crippen molar-refractivity contribution in [2.75, 3.05) is 6.54 Å². The summed E-state index contributed by atoms with van der Waals surface area (Å²) < 4.78 is 13.3. The molecule has 4 nitrogen and oxygen atoms in total. The van der Waals surface area contributed by atoms with E-state index in [4.69, 9.17) is 0 Å². The Kier molecular flexibility index (Phi) is 4.37. The standard InChI is InChI=1S/C18H23FN2O2/c1-11(2)17(21-8-4-7-16(21)22)18(23)20-15-10-14(15)12-5-3-6-13(19)9-12/h3,5-6,9,11,14-15,17H,4,7-8,10H2,1-2H3,(H,20,23)/t14-,15+,17-/m1/s1. The molecule has 0 unspecified atom stereocenters. The van der Waals surface area contributed by atoms with Gasteiger partial charge < -0.3 is 10.2 Å². The maximum Gasteiger partial charge on any atom is 0.243 e. The minimum Gasteiger partial charge on any atom is -0.351 e. The number of likely N-dealkylation sites (tertiary alicyclic amines) is 1. The van der Waals surface area contributed by atoms with Crippen molar-refractivity contribution in [3.05, 3.63) is 35.6 Å². The predicted octanol–water partition coefficient (Wildman–Crippen LogP) is 2.44. The Balaban J connectivity index is 1.63. The van der Waals surface area contributed by atoms with Crippen molar-refractivity contribution in [3.63, 3.8) is 0 Å². The molecule has 1 aliphatic heterocycles. The molecule has 1 aromatic rings. The summed E-state index contributed by atoms with van der Waals surface area (Å²) in [4.78, 5) is 26.3. The first-order valence-corrected chi connectivity index (χ1v) is 8.32. The van der Waals surface area contributed by atoms with Crippen LogP contribution >= 0.6 is 0 Å². The van der Waals surface area contributed by atoms with E-state index < -0.39 is 6.04 Å². The lowest BCUT2D eigenvalue weighted by atomic mass is 10.0. The van der Waals surface area contributed by atoms with Gasteiger partial charge in [0.05, 0.1) is 0 Å². The molecule has 0 bridgehead atoms. The monoisotopic (exact) mass is 318 g/mol. The number of amides is 2. The summed E-state index contributed by atoms with van der Waals surface area (Å²) in [6.07, 6.45) is 2.18. The molecule has 1 N–H and O–H groups in total. The summed E-state index contributed by atoms with van der Waals surface area (Å²) in [7, 11) is 0. The van der Waals surface area contributed by atoms with Gasteiger partial charge in [0.15, 0.2) is 0 Å². The summed E-state index contributed by atoms with van der Waals surface area (Å²) in [6, 6.07) is 6.18. The molecular weight excluding hydrogens is 295 g/mol. The molecular formula is C18H23FN2O2. The molecule has 1 saturated heterocycles. The highest BCUT2D eigenvalue weighted by Crippen LogP contribution is 2.41. The third-order valence-corrected chi connectivity index (χ3v) is 4.74. The molecule has 5 heteroatoms. The molecule has 0 spiro atoms. The number of nitrogens with one attached hydrogen (secondary N) is 1. The molecule has 3 rings (SSSR count). The van der Waals surface area contributed by atoms with E-state index in [-0.39, 0.29) is 35.5 Å². The molecule has 1 aliphatic carbocycles. The Morgan fingerprint density at radius 2 is 2.17 bits per heavy atom. The van der Waals surface area contributed by atoms with Crippen LogP contribution in [0, 0.1) is 11.7 Å². The summed E-state index contributed by atoms with van der Waals surface area (Å²) in [5.41, 5.74) is 0.925. The molecule has 1 heterocycles. The first-order chi connectivity index (χ1) is 11.0. The predicted molar refractivity (Wildman–Crippen MR) is 85.3 cm³/mol. The van der Waals surface area contributed by atoms with Crippen molar-refractivity contribution < 1.29 is 14.0 Å². The highest BCUT2D eigenvalue weighted by atomic mass is 19.1. The van der Waals surface area contributed by atoms with Gasteiger partial charge in [-0.2, -0.15) is 0 Å². The van der Waals surface area contributed by atoms with Crippen LogP contribution in [0.15, 0.2) is 24.3 Å². The molecule has 2 amide bonds. The fourth-order valence-corrected chi connectivity index (χ4v) is 3.50. The van der Waals surface area contributed by atoms with E-state index in [2.05, 4.69) is 5.32 Å². The first-order valence-electron chi connectivity index (χ1n) is 8.32. The number of hydrogen-bond donors (Lipinski definition) is 1. The van der Waals surface area contributed by atoms with Crippen molar-refractivity contribution in [2.24, 2.45) is 5.92 Å². The smallest absolute Gasteiger partial charge is 0.243 e. The molecule has 1 saturated carbocycles. The Morgan fingerprint density at radius 3 is 2.78 bits per heavy atom. The lowest BCUT2D eigenvalue weighted by molar-refractivity contribution is -0.139. The Bertz CT molecular complexity index is 617. The fourth-order valence-electron chi connectivity index (χ4n) is 3.50. The Hall–Kier alpha value is -1.91. The third-order valence-electron chi connectivity index (χ3n) is 4.74. The van der Waals surface area contributed by atoms with Crippen LogP contribution in [0.1, 0.15) is 44.6 Å². The zero-order valence-corrected chi connectivity index (χ0v) is 13.6. The Morgan fingerprint density at radius 1 is 1.39 bits per heavy atom. The highest BCUT2D eigenvalue weighted by Gasteiger charge is 2.42. The van der Waals surface area contributed by atoms with Gasteiger partial charge in [0.25, 0.3) is 0 Å². The minimum absolute atomic E-state index is 0.0447. The van der Waals surface area contributed by atoms with Crippen LogP contribution in [0.25, 0.3) is 0 Å². The number of benzene rings is 1. The summed E-state index contributed by atoms with van der Waals surface area (Å²) in [5.74, 6) is -0.0159. The number of carbonyl (C=O) groups excluding carboxylic acids is 2. The lowest BCUT2D eigenvalue weighted by Crippen LogP contribution is -2.51. The number of halogens is 1. The number of hydrogen-bond acceptors (Lipinski definition) is 2. The molecule has 0 aromatic heterocycles. The molecule has 1 aromatic carbocycles. The van der Waals surface area contributed by atoms with E-state index in [0.717, 1.165) is 18.4 Å². The molecule has 124 valence electrons. The minimum atomic E-state index is -0.404. The van der Waals surface area contributed by atoms with Crippen LogP contribution in [0.2, 0.25) is 0 Å². The van der Waals surface area contributed by atoms with E-state index in [1.165, 1.54) is 12.1 Å². The van der Waals surface area contributed by atoms with Gasteiger partial charge in [0, 0.05) is 24.9 Å². The van der Waals surface area contributed by atoms with E-state index in [9.17, 15) is 14.0 Å². The maximum absolute atomic E-state index is 13.3. The zero-order chi connectivity index (χ0) is 16.6. The second-order valence-electron chi connectivity index (χ2n) is 6.89.